The molecule has 8 heteroatoms. The summed E-state index contributed by atoms with van der Waals surface area (Å²) in [5.74, 6) is -0.270. The minimum Gasteiger partial charge on any atom is -0.423 e. The molecule has 7 nitrogen and oxygen atoms in total. The van der Waals surface area contributed by atoms with Crippen molar-refractivity contribution in [3.05, 3.63) is 54.1 Å². The molecule has 1 saturated heterocycles. The Morgan fingerprint density at radius 1 is 1.10 bits per heavy atom. The third kappa shape index (κ3) is 4.94. The summed E-state index contributed by atoms with van der Waals surface area (Å²) in [6, 6.07) is 16.2. The number of benzene rings is 2. The molecule has 4 rings (SSSR count). The fourth-order valence-electron chi connectivity index (χ4n) is 3.38. The van der Waals surface area contributed by atoms with Gasteiger partial charge in [0.15, 0.2) is 5.58 Å². The zero-order chi connectivity index (χ0) is 20.9. The number of thioether (sulfide) groups is 1. The summed E-state index contributed by atoms with van der Waals surface area (Å²) >= 11 is 1.44. The molecule has 0 bridgehead atoms. The zero-order valence-corrected chi connectivity index (χ0v) is 17.6. The summed E-state index contributed by atoms with van der Waals surface area (Å²) in [5, 5.41) is 0. The van der Waals surface area contributed by atoms with Gasteiger partial charge in [0.2, 0.25) is 11.8 Å². The molecule has 0 radical (unpaired) electrons. The van der Waals surface area contributed by atoms with Crippen molar-refractivity contribution in [3.63, 3.8) is 0 Å². The Bertz CT molecular complexity index is 993. The first-order chi connectivity index (χ1) is 14.6. The van der Waals surface area contributed by atoms with Gasteiger partial charge in [0.25, 0.3) is 6.01 Å². The number of hydrogen-bond donors (Lipinski definition) is 2. The first-order valence-corrected chi connectivity index (χ1v) is 11.0. The van der Waals surface area contributed by atoms with E-state index in [0.717, 1.165) is 16.0 Å². The van der Waals surface area contributed by atoms with Crippen LogP contribution in [0, 0.1) is 12.8 Å². The summed E-state index contributed by atoms with van der Waals surface area (Å²) in [6.45, 7) is 3.39. The minimum atomic E-state index is -0.224. The van der Waals surface area contributed by atoms with Crippen LogP contribution in [0.2, 0.25) is 0 Å². The van der Waals surface area contributed by atoms with Gasteiger partial charge in [0.1, 0.15) is 5.52 Å². The van der Waals surface area contributed by atoms with Gasteiger partial charge in [0, 0.05) is 23.9 Å². The maximum Gasteiger partial charge on any atom is 0.298 e. The Morgan fingerprint density at radius 3 is 2.57 bits per heavy atom. The number of aryl methyl sites for hydroxylation is 1. The molecular weight excluding hydrogens is 400 g/mol. The first kappa shape index (κ1) is 20.3. The summed E-state index contributed by atoms with van der Waals surface area (Å²) < 4.78 is 5.81. The second-order valence-electron chi connectivity index (χ2n) is 7.36. The Morgan fingerprint density at radius 2 is 1.83 bits per heavy atom. The fraction of sp³-hybridized carbons (Fsp3) is 0.318. The van der Waals surface area contributed by atoms with E-state index in [1.54, 1.807) is 0 Å². The fourth-order valence-corrected chi connectivity index (χ4v) is 4.08. The molecule has 0 saturated carbocycles. The molecule has 0 spiro atoms. The van der Waals surface area contributed by atoms with Crippen molar-refractivity contribution in [2.45, 2.75) is 24.7 Å². The molecule has 0 atom stereocenters. The van der Waals surface area contributed by atoms with E-state index in [-0.39, 0.29) is 23.5 Å². The lowest BCUT2D eigenvalue weighted by Crippen LogP contribution is -2.48. The van der Waals surface area contributed by atoms with Crippen molar-refractivity contribution in [1.82, 2.24) is 15.8 Å². The smallest absolute Gasteiger partial charge is 0.298 e. The number of anilines is 1. The largest absolute Gasteiger partial charge is 0.423 e. The molecule has 1 aliphatic rings. The summed E-state index contributed by atoms with van der Waals surface area (Å²) in [5.41, 5.74) is 7.86. The van der Waals surface area contributed by atoms with E-state index in [0.29, 0.717) is 31.9 Å². The maximum absolute atomic E-state index is 12.4. The first-order valence-electron chi connectivity index (χ1n) is 9.97. The highest BCUT2D eigenvalue weighted by Gasteiger charge is 2.27. The minimum absolute atomic E-state index is 0.143. The van der Waals surface area contributed by atoms with Gasteiger partial charge in [-0.15, -0.1) is 11.8 Å². The number of amides is 2. The van der Waals surface area contributed by atoms with E-state index in [1.807, 2.05) is 55.5 Å². The molecule has 1 aromatic heterocycles. The number of nitrogens with zero attached hydrogens (tertiary/aromatic N) is 2. The number of rotatable bonds is 5. The van der Waals surface area contributed by atoms with Gasteiger partial charge in [-0.3, -0.25) is 20.4 Å². The van der Waals surface area contributed by atoms with Gasteiger partial charge in [-0.1, -0.05) is 29.8 Å². The van der Waals surface area contributed by atoms with E-state index < -0.39 is 0 Å². The van der Waals surface area contributed by atoms with Gasteiger partial charge in [0.05, 0.1) is 5.75 Å². The Hall–Kier alpha value is -3.00. The number of fused-ring (bicyclic) bond motifs is 1. The normalized spacial score (nSPS) is 14.6. The van der Waals surface area contributed by atoms with E-state index in [9.17, 15) is 9.59 Å². The summed E-state index contributed by atoms with van der Waals surface area (Å²) in [7, 11) is 0. The second-order valence-corrected chi connectivity index (χ2v) is 8.41. The predicted octanol–water partition coefficient (Wildman–Crippen LogP) is 3.29. The standard InChI is InChI=1S/C22H24N4O3S/c1-15-6-8-17(9-7-15)30-14-20(27)24-25-21(28)16-10-12-26(13-11-16)22-23-18-4-2-3-5-19(18)29-22/h2-9,16H,10-14H2,1H3,(H,24,27)(H,25,28). The SMILES string of the molecule is Cc1ccc(SCC(=O)NNC(=O)C2CCN(c3nc4ccccc4o3)CC2)cc1. The molecule has 2 aromatic carbocycles. The van der Waals surface area contributed by atoms with Crippen LogP contribution in [0.15, 0.2) is 57.8 Å². The third-order valence-corrected chi connectivity index (χ3v) is 6.15. The van der Waals surface area contributed by atoms with Crippen molar-refractivity contribution in [1.29, 1.82) is 0 Å². The molecule has 2 amide bonds. The average molecular weight is 425 g/mol. The summed E-state index contributed by atoms with van der Waals surface area (Å²) in [6.07, 6.45) is 1.36. The monoisotopic (exact) mass is 424 g/mol. The highest BCUT2D eigenvalue weighted by atomic mass is 32.2. The van der Waals surface area contributed by atoms with Crippen molar-refractivity contribution in [3.8, 4) is 0 Å². The quantitative estimate of drug-likeness (QED) is 0.483. The lowest BCUT2D eigenvalue weighted by molar-refractivity contribution is -0.130. The van der Waals surface area contributed by atoms with E-state index in [4.69, 9.17) is 4.42 Å². The second kappa shape index (κ2) is 9.21. The van der Waals surface area contributed by atoms with Crippen LogP contribution in [0.1, 0.15) is 18.4 Å². The van der Waals surface area contributed by atoms with Crippen LogP contribution in [0.4, 0.5) is 6.01 Å². The summed E-state index contributed by atoms with van der Waals surface area (Å²) in [4.78, 5) is 32.0. The number of hydrogen-bond acceptors (Lipinski definition) is 6. The number of oxazole rings is 1. The van der Waals surface area contributed by atoms with Crippen LogP contribution >= 0.6 is 11.8 Å². The lowest BCUT2D eigenvalue weighted by Gasteiger charge is -2.30. The molecule has 0 unspecified atom stereocenters. The van der Waals surface area contributed by atoms with Crippen molar-refractivity contribution < 1.29 is 14.0 Å². The molecule has 156 valence electrons. The maximum atomic E-state index is 12.4. The molecule has 2 N–H and O–H groups in total. The number of piperidine rings is 1. The molecule has 0 aliphatic carbocycles. The number of para-hydroxylation sites is 2. The van der Waals surface area contributed by atoms with Crippen LogP contribution in [-0.2, 0) is 9.59 Å². The van der Waals surface area contributed by atoms with Crippen LogP contribution in [0.25, 0.3) is 11.1 Å². The lowest BCUT2D eigenvalue weighted by atomic mass is 9.96. The number of carbonyl (C=O) groups excluding carboxylic acids is 2. The average Bonchev–Trinajstić information content (AvgIpc) is 3.21. The van der Waals surface area contributed by atoms with Crippen LogP contribution in [0.3, 0.4) is 0 Å². The highest BCUT2D eigenvalue weighted by molar-refractivity contribution is 8.00. The van der Waals surface area contributed by atoms with Gasteiger partial charge in [-0.25, -0.2) is 0 Å². The van der Waals surface area contributed by atoms with Gasteiger partial charge in [-0.2, -0.15) is 4.98 Å². The van der Waals surface area contributed by atoms with Crippen LogP contribution in [0.5, 0.6) is 0 Å². The van der Waals surface area contributed by atoms with E-state index in [1.165, 1.54) is 17.3 Å². The molecule has 30 heavy (non-hydrogen) atoms. The van der Waals surface area contributed by atoms with Gasteiger partial charge >= 0.3 is 0 Å². The third-order valence-electron chi connectivity index (χ3n) is 5.13. The van der Waals surface area contributed by atoms with Crippen molar-refractivity contribution in [2.24, 2.45) is 5.92 Å². The zero-order valence-electron chi connectivity index (χ0n) is 16.8. The van der Waals surface area contributed by atoms with Crippen molar-refractivity contribution in [2.75, 3.05) is 23.7 Å². The number of nitrogens with one attached hydrogen (secondary N) is 2. The molecule has 1 aliphatic heterocycles. The number of aromatic nitrogens is 1. The van der Waals surface area contributed by atoms with Crippen molar-refractivity contribution >= 4 is 40.7 Å². The Kier molecular flexibility index (Phi) is 6.23. The highest BCUT2D eigenvalue weighted by Crippen LogP contribution is 2.26. The van der Waals surface area contributed by atoms with Crippen LogP contribution in [-0.4, -0.2) is 35.6 Å². The van der Waals surface area contributed by atoms with Gasteiger partial charge < -0.3 is 9.32 Å². The molecule has 2 heterocycles. The molecular formula is C22H24N4O3S. The van der Waals surface area contributed by atoms with E-state index >= 15 is 0 Å². The van der Waals surface area contributed by atoms with Gasteiger partial charge in [-0.05, 0) is 44.0 Å². The number of hydrazine groups is 1. The molecule has 3 aromatic rings. The topological polar surface area (TPSA) is 87.5 Å². The number of carbonyl (C=O) groups is 2. The molecule has 1 fully saturated rings. The predicted molar refractivity (Wildman–Crippen MR) is 117 cm³/mol. The van der Waals surface area contributed by atoms with Crippen LogP contribution < -0.4 is 15.8 Å². The Labute approximate surface area is 179 Å². The van der Waals surface area contributed by atoms with E-state index in [2.05, 4.69) is 20.7 Å². The Balaban J connectivity index is 1.20.